The van der Waals surface area contributed by atoms with E-state index in [4.69, 9.17) is 19.4 Å². The van der Waals surface area contributed by atoms with Gasteiger partial charge in [0.1, 0.15) is 0 Å². The van der Waals surface area contributed by atoms with E-state index in [-0.39, 0.29) is 15.1 Å². The van der Waals surface area contributed by atoms with Gasteiger partial charge in [-0.2, -0.15) is 6.20 Å². The van der Waals surface area contributed by atoms with E-state index in [1.807, 2.05) is 18.2 Å². The summed E-state index contributed by atoms with van der Waals surface area (Å²) in [6, 6.07) is 0. The molecule has 0 radical (unpaired) electrons. The first-order valence-corrected chi connectivity index (χ1v) is 14.4. The molecule has 0 N–H and O–H groups in total. The third-order valence-electron chi connectivity index (χ3n) is 4.05. The molecule has 4 aliphatic heterocycles. The molecule has 4 nitrogen and oxygen atoms in total. The summed E-state index contributed by atoms with van der Waals surface area (Å²) < 4.78 is 0. The fourth-order valence-corrected chi connectivity index (χ4v) is 2.58. The van der Waals surface area contributed by atoms with E-state index in [0.29, 0.717) is 0 Å². The van der Waals surface area contributed by atoms with Crippen LogP contribution >= 0.6 is 19.4 Å². The summed E-state index contributed by atoms with van der Waals surface area (Å²) in [7, 11) is 9.67. The van der Waals surface area contributed by atoms with Crippen molar-refractivity contribution in [1.82, 2.24) is 0 Å². The predicted molar refractivity (Wildman–Crippen MR) is 119 cm³/mol. The summed E-state index contributed by atoms with van der Waals surface area (Å²) >= 11 is -0.226. The SMILES string of the molecule is C1=CC[N-]C=C1.C1CC[N-]CC1.C1CC[N-]CC1.C1CC[N-]CC1.[Cl][Rh][Cl]. The third kappa shape index (κ3) is 26.4. The Hall–Kier alpha value is 0.363. The maximum absolute atomic E-state index is 4.83. The number of allylic oxidation sites excluding steroid dienone is 2. The van der Waals surface area contributed by atoms with Crippen LogP contribution in [-0.4, -0.2) is 45.8 Å². The van der Waals surface area contributed by atoms with Crippen LogP contribution < -0.4 is 0 Å². The Morgan fingerprint density at radius 1 is 0.556 bits per heavy atom. The average Bonchev–Trinajstić information content (AvgIpc) is 2.80. The second-order valence-electron chi connectivity index (χ2n) is 6.38. The van der Waals surface area contributed by atoms with Crippen LogP contribution in [0, 0.1) is 0 Å². The second kappa shape index (κ2) is 26.4. The number of rotatable bonds is 0. The van der Waals surface area contributed by atoms with Crippen molar-refractivity contribution in [2.24, 2.45) is 0 Å². The molecule has 0 aliphatic carbocycles. The van der Waals surface area contributed by atoms with Crippen LogP contribution in [-0.2, 0) is 15.1 Å². The van der Waals surface area contributed by atoms with Crippen LogP contribution in [0.15, 0.2) is 24.4 Å². The molecule has 3 fully saturated rings. The molecule has 0 saturated carbocycles. The zero-order valence-corrected chi connectivity index (χ0v) is 19.7. The molecule has 4 heterocycles. The Kier molecular flexibility index (Phi) is 26.7. The number of piperidine rings is 3. The molecule has 0 amide bonds. The van der Waals surface area contributed by atoms with E-state index in [0.717, 1.165) is 45.8 Å². The molecule has 0 unspecified atom stereocenters. The standard InChI is InChI=1S/3C5H10N.C5H6N.2ClH.Rh/c4*1-2-4-6-5-3-1;;;/h3*1-5H2;1-4H,5H2;2*1H;/q4*-1;;;+2/p-2. The molecule has 4 rings (SSSR count). The molecule has 0 aromatic rings. The quantitative estimate of drug-likeness (QED) is 0.307. The topological polar surface area (TPSA) is 56.4 Å². The van der Waals surface area contributed by atoms with Gasteiger partial charge in [0.2, 0.25) is 0 Å². The van der Waals surface area contributed by atoms with Crippen LogP contribution in [0.4, 0.5) is 0 Å². The van der Waals surface area contributed by atoms with E-state index in [2.05, 4.69) is 21.3 Å². The number of hydrogen-bond donors (Lipinski definition) is 0. The van der Waals surface area contributed by atoms with Gasteiger partial charge in [0, 0.05) is 0 Å². The van der Waals surface area contributed by atoms with Crippen LogP contribution in [0.1, 0.15) is 57.8 Å². The van der Waals surface area contributed by atoms with Crippen molar-refractivity contribution in [3.63, 3.8) is 0 Å². The van der Waals surface area contributed by atoms with Crippen LogP contribution in [0.5, 0.6) is 0 Å². The first-order chi connectivity index (χ1) is 13.4. The van der Waals surface area contributed by atoms with Crippen LogP contribution in [0.25, 0.3) is 21.3 Å². The van der Waals surface area contributed by atoms with E-state index < -0.39 is 0 Å². The Balaban J connectivity index is 0.000000319. The summed E-state index contributed by atoms with van der Waals surface area (Å²) in [6.45, 7) is 7.61. The molecule has 0 aromatic carbocycles. The first kappa shape index (κ1) is 27.4. The summed E-state index contributed by atoms with van der Waals surface area (Å²) in [6.07, 6.45) is 20.0. The Morgan fingerprint density at radius 2 is 0.926 bits per heavy atom. The normalized spacial score (nSPS) is 20.7. The van der Waals surface area contributed by atoms with E-state index in [1.54, 1.807) is 6.20 Å². The van der Waals surface area contributed by atoms with Crippen molar-refractivity contribution >= 4 is 19.4 Å². The summed E-state index contributed by atoms with van der Waals surface area (Å²) in [4.78, 5) is 0. The second-order valence-corrected chi connectivity index (χ2v) is 8.86. The maximum atomic E-state index is 4.83. The first-order valence-electron chi connectivity index (χ1n) is 10.1. The van der Waals surface area contributed by atoms with Crippen molar-refractivity contribution in [3.8, 4) is 0 Å². The van der Waals surface area contributed by atoms with Crippen molar-refractivity contribution in [3.05, 3.63) is 45.7 Å². The van der Waals surface area contributed by atoms with Gasteiger partial charge in [0.05, 0.1) is 0 Å². The number of nitrogens with zero attached hydrogens (tertiary/aromatic N) is 4. The Morgan fingerprint density at radius 3 is 1.00 bits per heavy atom. The third-order valence-corrected chi connectivity index (χ3v) is 4.05. The molecule has 0 atom stereocenters. The predicted octanol–water partition coefficient (Wildman–Crippen LogP) is 7.45. The molecular weight excluding hydrogens is 470 g/mol. The fraction of sp³-hybridized carbons (Fsp3) is 0.800. The summed E-state index contributed by atoms with van der Waals surface area (Å²) in [5, 5.41) is 16.4. The van der Waals surface area contributed by atoms with E-state index in [1.165, 1.54) is 57.8 Å². The van der Waals surface area contributed by atoms with Gasteiger partial charge < -0.3 is 21.3 Å². The van der Waals surface area contributed by atoms with Gasteiger partial charge in [-0.25, -0.2) is 0 Å². The van der Waals surface area contributed by atoms with Gasteiger partial charge in [-0.05, 0) is 0 Å². The zero-order chi connectivity index (χ0) is 19.7. The number of hydrogen-bond acceptors (Lipinski definition) is 0. The van der Waals surface area contributed by atoms with Crippen LogP contribution in [0.3, 0.4) is 0 Å². The van der Waals surface area contributed by atoms with Crippen molar-refractivity contribution in [2.45, 2.75) is 57.8 Å². The van der Waals surface area contributed by atoms with E-state index >= 15 is 0 Å². The van der Waals surface area contributed by atoms with Gasteiger partial charge in [-0.1, -0.05) is 69.9 Å². The molecule has 0 aromatic heterocycles. The Labute approximate surface area is 183 Å². The van der Waals surface area contributed by atoms with Gasteiger partial charge in [0.15, 0.2) is 0 Å². The summed E-state index contributed by atoms with van der Waals surface area (Å²) in [5.74, 6) is 0. The molecule has 4 aliphatic rings. The van der Waals surface area contributed by atoms with Crippen molar-refractivity contribution in [1.29, 1.82) is 0 Å². The zero-order valence-electron chi connectivity index (χ0n) is 16.5. The van der Waals surface area contributed by atoms with Crippen molar-refractivity contribution < 1.29 is 15.1 Å². The van der Waals surface area contributed by atoms with Gasteiger partial charge in [-0.3, -0.25) is 0 Å². The average molecular weight is 506 g/mol. The monoisotopic (exact) mass is 505 g/mol. The van der Waals surface area contributed by atoms with Crippen LogP contribution in [0.2, 0.25) is 0 Å². The number of halogens is 2. The molecule has 163 valence electrons. The van der Waals surface area contributed by atoms with Crippen molar-refractivity contribution in [2.75, 3.05) is 45.8 Å². The minimum absolute atomic E-state index is 0.226. The minimum atomic E-state index is -0.226. The molecule has 0 spiro atoms. The van der Waals surface area contributed by atoms with Gasteiger partial charge >= 0.3 is 34.5 Å². The Bertz CT molecular complexity index is 244. The van der Waals surface area contributed by atoms with Gasteiger partial charge in [0.25, 0.3) is 0 Å². The molecular formula is C20H36Cl2N4Rh-4. The summed E-state index contributed by atoms with van der Waals surface area (Å²) in [5.41, 5.74) is 0. The fourth-order valence-electron chi connectivity index (χ4n) is 2.58. The van der Waals surface area contributed by atoms with E-state index in [9.17, 15) is 0 Å². The molecule has 0 bridgehead atoms. The van der Waals surface area contributed by atoms with Gasteiger partial charge in [-0.15, -0.1) is 51.9 Å². The molecule has 27 heavy (non-hydrogen) atoms. The molecule has 3 saturated heterocycles. The molecule has 7 heteroatoms.